The van der Waals surface area contributed by atoms with Crippen molar-refractivity contribution in [3.63, 3.8) is 0 Å². The van der Waals surface area contributed by atoms with Crippen LogP contribution in [-0.2, 0) is 7.05 Å². The second-order valence-electron chi connectivity index (χ2n) is 5.00. The summed E-state index contributed by atoms with van der Waals surface area (Å²) in [6, 6.07) is 5.13. The van der Waals surface area contributed by atoms with Crippen molar-refractivity contribution in [3.05, 3.63) is 41.3 Å². The summed E-state index contributed by atoms with van der Waals surface area (Å²) in [5.41, 5.74) is 1.37. The van der Waals surface area contributed by atoms with Crippen LogP contribution in [0.2, 0.25) is 0 Å². The lowest BCUT2D eigenvalue weighted by Crippen LogP contribution is -2.32. The number of urea groups is 1. The van der Waals surface area contributed by atoms with Crippen molar-refractivity contribution in [1.29, 1.82) is 0 Å². The zero-order chi connectivity index (χ0) is 16.3. The average Bonchev–Trinajstić information content (AvgIpc) is 2.76. The molecule has 6 nitrogen and oxygen atoms in total. The number of nitrogens with zero attached hydrogens (tertiary/aromatic N) is 2. The van der Waals surface area contributed by atoms with Gasteiger partial charge in [-0.3, -0.25) is 10.00 Å². The Balaban J connectivity index is 2.08. The van der Waals surface area contributed by atoms with E-state index in [0.29, 0.717) is 17.1 Å². The summed E-state index contributed by atoms with van der Waals surface area (Å²) in [6.07, 6.45) is 0. The molecule has 0 spiro atoms. The number of nitrogens with one attached hydrogen (secondary N) is 2. The van der Waals surface area contributed by atoms with Gasteiger partial charge in [-0.15, -0.1) is 0 Å². The summed E-state index contributed by atoms with van der Waals surface area (Å²) in [7, 11) is 3.24. The van der Waals surface area contributed by atoms with Gasteiger partial charge in [-0.25, -0.2) is 9.18 Å². The Morgan fingerprint density at radius 1 is 1.41 bits per heavy atom. The molecule has 0 bridgehead atoms. The highest BCUT2D eigenvalue weighted by Gasteiger charge is 2.16. The lowest BCUT2D eigenvalue weighted by atomic mass is 10.1. The van der Waals surface area contributed by atoms with Crippen LogP contribution >= 0.6 is 0 Å². The van der Waals surface area contributed by atoms with E-state index in [9.17, 15) is 9.18 Å². The Hall–Kier alpha value is -2.57. The van der Waals surface area contributed by atoms with Crippen LogP contribution in [0.25, 0.3) is 0 Å². The molecule has 1 aromatic heterocycles. The van der Waals surface area contributed by atoms with Crippen LogP contribution in [0.5, 0.6) is 5.75 Å². The highest BCUT2D eigenvalue weighted by molar-refractivity contribution is 5.88. The van der Waals surface area contributed by atoms with Crippen molar-refractivity contribution in [3.8, 4) is 5.75 Å². The molecule has 2 amide bonds. The molecular formula is C15H19FN4O2. The SMILES string of the molecule is COc1ccc(F)cc1C(C)NC(=O)Nc1cc(C)nn1C. The molecular weight excluding hydrogens is 287 g/mol. The van der Waals surface area contributed by atoms with Crippen LogP contribution in [0.15, 0.2) is 24.3 Å². The van der Waals surface area contributed by atoms with E-state index in [-0.39, 0.29) is 5.82 Å². The van der Waals surface area contributed by atoms with Crippen LogP contribution < -0.4 is 15.4 Å². The van der Waals surface area contributed by atoms with Gasteiger partial charge in [0.25, 0.3) is 0 Å². The molecule has 0 saturated carbocycles. The monoisotopic (exact) mass is 306 g/mol. The van der Waals surface area contributed by atoms with E-state index in [1.807, 2.05) is 6.92 Å². The van der Waals surface area contributed by atoms with Crippen LogP contribution in [0, 0.1) is 12.7 Å². The smallest absolute Gasteiger partial charge is 0.320 e. The molecule has 118 valence electrons. The lowest BCUT2D eigenvalue weighted by Gasteiger charge is -2.17. The first-order valence-electron chi connectivity index (χ1n) is 6.82. The maximum Gasteiger partial charge on any atom is 0.320 e. The molecule has 2 N–H and O–H groups in total. The highest BCUT2D eigenvalue weighted by Crippen LogP contribution is 2.25. The number of methoxy groups -OCH3 is 1. The van der Waals surface area contributed by atoms with Crippen molar-refractivity contribution in [2.75, 3.05) is 12.4 Å². The number of benzene rings is 1. The van der Waals surface area contributed by atoms with E-state index >= 15 is 0 Å². The molecule has 22 heavy (non-hydrogen) atoms. The van der Waals surface area contributed by atoms with Crippen molar-refractivity contribution in [1.82, 2.24) is 15.1 Å². The van der Waals surface area contributed by atoms with Crippen molar-refractivity contribution < 1.29 is 13.9 Å². The predicted octanol–water partition coefficient (Wildman–Crippen LogP) is 2.76. The molecule has 0 saturated heterocycles. The summed E-state index contributed by atoms with van der Waals surface area (Å²) in [5.74, 6) is 0.714. The van der Waals surface area contributed by atoms with Gasteiger partial charge in [0.15, 0.2) is 0 Å². The normalized spacial score (nSPS) is 11.9. The number of anilines is 1. The van der Waals surface area contributed by atoms with E-state index in [1.165, 1.54) is 25.3 Å². The first kappa shape index (κ1) is 15.8. The molecule has 2 rings (SSSR count). The number of aryl methyl sites for hydroxylation is 2. The van der Waals surface area contributed by atoms with Gasteiger partial charge < -0.3 is 10.1 Å². The number of hydrogen-bond donors (Lipinski definition) is 2. The number of amides is 2. The Kier molecular flexibility index (Phi) is 4.65. The van der Waals surface area contributed by atoms with Crippen LogP contribution in [0.3, 0.4) is 0 Å². The van der Waals surface area contributed by atoms with E-state index in [1.54, 1.807) is 24.7 Å². The second-order valence-corrected chi connectivity index (χ2v) is 5.00. The van der Waals surface area contributed by atoms with E-state index in [2.05, 4.69) is 15.7 Å². The number of halogens is 1. The minimum absolute atomic E-state index is 0.382. The number of hydrogen-bond acceptors (Lipinski definition) is 3. The summed E-state index contributed by atoms with van der Waals surface area (Å²) in [6.45, 7) is 3.59. The molecule has 0 aliphatic carbocycles. The topological polar surface area (TPSA) is 68.2 Å². The number of carbonyl (C=O) groups excluding carboxylic acids is 1. The van der Waals surface area contributed by atoms with Gasteiger partial charge in [0, 0.05) is 18.7 Å². The fourth-order valence-electron chi connectivity index (χ4n) is 2.20. The molecule has 1 unspecified atom stereocenters. The number of ether oxygens (including phenoxy) is 1. The van der Waals surface area contributed by atoms with Crippen LogP contribution in [0.4, 0.5) is 15.0 Å². The van der Waals surface area contributed by atoms with Crippen LogP contribution in [0.1, 0.15) is 24.2 Å². The fourth-order valence-corrected chi connectivity index (χ4v) is 2.20. The maximum atomic E-state index is 13.4. The van der Waals surface area contributed by atoms with Gasteiger partial charge in [0.2, 0.25) is 0 Å². The Morgan fingerprint density at radius 3 is 2.73 bits per heavy atom. The molecule has 1 heterocycles. The Labute approximate surface area is 128 Å². The first-order chi connectivity index (χ1) is 10.4. The van der Waals surface area contributed by atoms with Crippen molar-refractivity contribution >= 4 is 11.8 Å². The van der Waals surface area contributed by atoms with Gasteiger partial charge in [0.05, 0.1) is 18.8 Å². The first-order valence-corrected chi connectivity index (χ1v) is 6.82. The molecule has 0 aliphatic rings. The largest absolute Gasteiger partial charge is 0.496 e. The third-order valence-corrected chi connectivity index (χ3v) is 3.25. The average molecular weight is 306 g/mol. The van der Waals surface area contributed by atoms with Gasteiger partial charge in [0.1, 0.15) is 17.4 Å². The number of carbonyl (C=O) groups is 1. The van der Waals surface area contributed by atoms with E-state index in [4.69, 9.17) is 4.74 Å². The molecule has 0 radical (unpaired) electrons. The summed E-state index contributed by atoms with van der Waals surface area (Å²) in [4.78, 5) is 12.0. The third-order valence-electron chi connectivity index (χ3n) is 3.25. The maximum absolute atomic E-state index is 13.4. The Bertz CT molecular complexity index is 684. The summed E-state index contributed by atoms with van der Waals surface area (Å²) >= 11 is 0. The molecule has 0 aliphatic heterocycles. The van der Waals surface area contributed by atoms with E-state index in [0.717, 1.165) is 5.69 Å². The zero-order valence-corrected chi connectivity index (χ0v) is 13.0. The predicted molar refractivity (Wildman–Crippen MR) is 81.5 cm³/mol. The van der Waals surface area contributed by atoms with Gasteiger partial charge in [-0.1, -0.05) is 0 Å². The van der Waals surface area contributed by atoms with Crippen molar-refractivity contribution in [2.45, 2.75) is 19.9 Å². The minimum Gasteiger partial charge on any atom is -0.496 e. The Morgan fingerprint density at radius 2 is 2.14 bits per heavy atom. The second kappa shape index (κ2) is 6.46. The lowest BCUT2D eigenvalue weighted by molar-refractivity contribution is 0.249. The molecule has 1 atom stereocenters. The van der Waals surface area contributed by atoms with Gasteiger partial charge in [-0.2, -0.15) is 5.10 Å². The number of rotatable bonds is 4. The van der Waals surface area contributed by atoms with Crippen LogP contribution in [-0.4, -0.2) is 22.9 Å². The third kappa shape index (κ3) is 3.55. The number of aromatic nitrogens is 2. The highest BCUT2D eigenvalue weighted by atomic mass is 19.1. The quantitative estimate of drug-likeness (QED) is 0.912. The van der Waals surface area contributed by atoms with E-state index < -0.39 is 12.1 Å². The van der Waals surface area contributed by atoms with Crippen molar-refractivity contribution in [2.24, 2.45) is 7.05 Å². The molecule has 1 aromatic carbocycles. The molecule has 2 aromatic rings. The molecule has 7 heteroatoms. The van der Waals surface area contributed by atoms with Gasteiger partial charge in [-0.05, 0) is 32.0 Å². The minimum atomic E-state index is -0.417. The van der Waals surface area contributed by atoms with Gasteiger partial charge >= 0.3 is 6.03 Å². The standard InChI is InChI=1S/C15H19FN4O2/c1-9-7-14(20(3)19-9)18-15(21)17-10(2)12-8-11(16)5-6-13(12)22-4/h5-8,10H,1-4H3,(H2,17,18,21). The summed E-state index contributed by atoms with van der Waals surface area (Å²) < 4.78 is 20.2. The summed E-state index contributed by atoms with van der Waals surface area (Å²) in [5, 5.41) is 9.59. The fraction of sp³-hybridized carbons (Fsp3) is 0.333. The zero-order valence-electron chi connectivity index (χ0n) is 13.0. The molecule has 0 fully saturated rings.